The minimum absolute atomic E-state index is 0.0619. The number of rotatable bonds is 9. The first kappa shape index (κ1) is 17.8. The first-order valence-electron chi connectivity index (χ1n) is 5.73. The van der Waals surface area contributed by atoms with Crippen molar-refractivity contribution in [3.8, 4) is 0 Å². The Kier molecular flexibility index (Phi) is 7.26. The van der Waals surface area contributed by atoms with E-state index in [1.165, 1.54) is 4.90 Å². The van der Waals surface area contributed by atoms with Crippen LogP contribution in [-0.4, -0.2) is 71.0 Å². The van der Waals surface area contributed by atoms with Gasteiger partial charge in [0.1, 0.15) is 5.88 Å². The lowest BCUT2D eigenvalue weighted by Crippen LogP contribution is -2.57. The molecule has 0 spiro atoms. The molecule has 0 aliphatic carbocycles. The third-order valence-electron chi connectivity index (χ3n) is 2.74. The summed E-state index contributed by atoms with van der Waals surface area (Å²) in [5.41, 5.74) is -1.17. The highest BCUT2D eigenvalue weighted by Gasteiger charge is 2.38. The maximum absolute atomic E-state index is 10.9. The molecule has 8 heteroatoms. The smallest absolute Gasteiger partial charge is 0.278 e. The van der Waals surface area contributed by atoms with E-state index in [0.717, 1.165) is 0 Å². The normalized spacial score (nSPS) is 13.6. The zero-order chi connectivity index (χ0) is 14.4. The fourth-order valence-electron chi connectivity index (χ4n) is 2.02. The number of hydrogen-bond acceptors (Lipinski definition) is 6. The van der Waals surface area contributed by atoms with Crippen LogP contribution >= 0.6 is 0 Å². The molecule has 4 N–H and O–H groups in total. The molecule has 0 radical (unpaired) electrons. The highest BCUT2D eigenvalue weighted by molar-refractivity contribution is 7.85. The van der Waals surface area contributed by atoms with Gasteiger partial charge < -0.3 is 15.3 Å². The molecule has 0 aliphatic heterocycles. The van der Waals surface area contributed by atoms with Crippen molar-refractivity contribution in [1.82, 2.24) is 4.90 Å². The first-order chi connectivity index (χ1) is 8.20. The van der Waals surface area contributed by atoms with Gasteiger partial charge in [0.05, 0.1) is 25.4 Å². The quantitative estimate of drug-likeness (QED) is 0.397. The van der Waals surface area contributed by atoms with E-state index in [0.29, 0.717) is 6.42 Å². The van der Waals surface area contributed by atoms with Gasteiger partial charge in [-0.15, -0.1) is 0 Å². The number of aliphatic hydroxyl groups excluding tert-OH is 3. The second-order valence-electron chi connectivity index (χ2n) is 4.84. The lowest BCUT2D eigenvalue weighted by molar-refractivity contribution is -0.0241. The van der Waals surface area contributed by atoms with E-state index in [-0.39, 0.29) is 19.1 Å². The highest BCUT2D eigenvalue weighted by atomic mass is 32.2. The summed E-state index contributed by atoms with van der Waals surface area (Å²) in [4.78, 5) is 1.20. The summed E-state index contributed by atoms with van der Waals surface area (Å²) < 4.78 is 30.8. The van der Waals surface area contributed by atoms with Crippen LogP contribution in [0.25, 0.3) is 0 Å². The van der Waals surface area contributed by atoms with Crippen LogP contribution in [0.2, 0.25) is 0 Å². The molecule has 0 unspecified atom stereocenters. The number of β-amino-alcohol motifs (C(OH)–C–C–N with tert-alkyl or cyclic N) is 1. The van der Waals surface area contributed by atoms with Crippen LogP contribution < -0.4 is 0 Å². The fraction of sp³-hybridized carbons (Fsp3) is 1.00. The topological polar surface area (TPSA) is 118 Å². The molecule has 18 heavy (non-hydrogen) atoms. The molecule has 0 fully saturated rings. The van der Waals surface area contributed by atoms with Crippen molar-refractivity contribution in [3.05, 3.63) is 0 Å². The Labute approximate surface area is 108 Å². The van der Waals surface area contributed by atoms with Gasteiger partial charge >= 0.3 is 0 Å². The average Bonchev–Trinajstić information content (AvgIpc) is 2.23. The molecule has 0 aromatic carbocycles. The Bertz CT molecular complexity index is 325. The van der Waals surface area contributed by atoms with Crippen LogP contribution in [0.3, 0.4) is 0 Å². The Morgan fingerprint density at radius 2 is 1.67 bits per heavy atom. The van der Waals surface area contributed by atoms with Crippen LogP contribution in [0.1, 0.15) is 20.3 Å². The van der Waals surface area contributed by atoms with Gasteiger partial charge in [0.25, 0.3) is 10.1 Å². The SMILES string of the molecule is CC(C)CC(CO)(CO)N(CCO)CS(=O)(=O)O. The summed E-state index contributed by atoms with van der Waals surface area (Å²) in [6.45, 7) is 2.41. The van der Waals surface area contributed by atoms with Gasteiger partial charge in [-0.2, -0.15) is 8.42 Å². The van der Waals surface area contributed by atoms with Crippen LogP contribution in [0.5, 0.6) is 0 Å². The van der Waals surface area contributed by atoms with E-state index in [9.17, 15) is 18.6 Å². The van der Waals surface area contributed by atoms with E-state index in [4.69, 9.17) is 9.66 Å². The molecule has 0 aliphatic rings. The number of nitrogens with zero attached hydrogens (tertiary/aromatic N) is 1. The number of hydrogen-bond donors (Lipinski definition) is 4. The minimum Gasteiger partial charge on any atom is -0.395 e. The van der Waals surface area contributed by atoms with E-state index in [2.05, 4.69) is 0 Å². The lowest BCUT2D eigenvalue weighted by atomic mass is 9.89. The van der Waals surface area contributed by atoms with Gasteiger partial charge in [-0.25, -0.2) is 0 Å². The van der Waals surface area contributed by atoms with Gasteiger partial charge in [-0.3, -0.25) is 9.45 Å². The largest absolute Gasteiger partial charge is 0.395 e. The monoisotopic (exact) mass is 285 g/mol. The van der Waals surface area contributed by atoms with Gasteiger partial charge in [0.2, 0.25) is 0 Å². The molecule has 0 aromatic heterocycles. The molecule has 0 aromatic rings. The van der Waals surface area contributed by atoms with Crippen molar-refractivity contribution in [2.45, 2.75) is 25.8 Å². The molecule has 0 amide bonds. The molecule has 0 saturated heterocycles. The summed E-state index contributed by atoms with van der Waals surface area (Å²) in [5.74, 6) is -0.631. The van der Waals surface area contributed by atoms with Crippen LogP contribution in [0.4, 0.5) is 0 Å². The molecule has 0 bridgehead atoms. The molecule has 110 valence electrons. The summed E-state index contributed by atoms with van der Waals surface area (Å²) in [6.07, 6.45) is 0.343. The standard InChI is InChI=1S/C10H23NO6S/c1-9(2)5-10(6-13,7-14)11(3-4-12)8-18(15,16)17/h9,12-14H,3-8H2,1-2H3,(H,15,16,17). The third-order valence-corrected chi connectivity index (χ3v) is 3.37. The molecule has 0 saturated carbocycles. The zero-order valence-corrected chi connectivity index (χ0v) is 11.6. The fourth-order valence-corrected chi connectivity index (χ4v) is 2.82. The van der Waals surface area contributed by atoms with Crippen molar-refractivity contribution in [1.29, 1.82) is 0 Å². The molecular formula is C10H23NO6S. The molecule has 0 heterocycles. The van der Waals surface area contributed by atoms with Gasteiger partial charge in [0, 0.05) is 6.54 Å². The van der Waals surface area contributed by atoms with Gasteiger partial charge in [-0.05, 0) is 12.3 Å². The van der Waals surface area contributed by atoms with E-state index in [1.807, 2.05) is 13.8 Å². The second-order valence-corrected chi connectivity index (χ2v) is 6.26. The van der Waals surface area contributed by atoms with E-state index < -0.39 is 34.7 Å². The second kappa shape index (κ2) is 7.37. The first-order valence-corrected chi connectivity index (χ1v) is 7.34. The summed E-state index contributed by atoms with van der Waals surface area (Å²) in [5, 5.41) is 27.9. The Hall–Kier alpha value is -0.250. The summed E-state index contributed by atoms with van der Waals surface area (Å²) in [7, 11) is -4.29. The summed E-state index contributed by atoms with van der Waals surface area (Å²) >= 11 is 0. The van der Waals surface area contributed by atoms with Crippen LogP contribution in [0, 0.1) is 5.92 Å². The molecule has 7 nitrogen and oxygen atoms in total. The van der Waals surface area contributed by atoms with Crippen LogP contribution in [-0.2, 0) is 10.1 Å². The highest BCUT2D eigenvalue weighted by Crippen LogP contribution is 2.24. The van der Waals surface area contributed by atoms with E-state index in [1.54, 1.807) is 0 Å². The lowest BCUT2D eigenvalue weighted by Gasteiger charge is -2.41. The van der Waals surface area contributed by atoms with Crippen molar-refractivity contribution < 1.29 is 28.3 Å². The van der Waals surface area contributed by atoms with Gasteiger partial charge in [-0.1, -0.05) is 13.8 Å². The number of aliphatic hydroxyl groups is 3. The molecular weight excluding hydrogens is 262 g/mol. The van der Waals surface area contributed by atoms with E-state index >= 15 is 0 Å². The minimum atomic E-state index is -4.29. The Balaban J connectivity index is 5.20. The van der Waals surface area contributed by atoms with Crippen molar-refractivity contribution in [2.75, 3.05) is 32.2 Å². The van der Waals surface area contributed by atoms with Crippen molar-refractivity contribution in [2.24, 2.45) is 5.92 Å². The summed E-state index contributed by atoms with van der Waals surface area (Å²) in [6, 6.07) is 0. The zero-order valence-electron chi connectivity index (χ0n) is 10.8. The predicted octanol–water partition coefficient (Wildman–Crippen LogP) is -1.10. The van der Waals surface area contributed by atoms with Crippen molar-refractivity contribution >= 4 is 10.1 Å². The predicted molar refractivity (Wildman–Crippen MR) is 66.6 cm³/mol. The molecule has 0 rings (SSSR count). The third kappa shape index (κ3) is 5.59. The Morgan fingerprint density at radius 3 is 1.94 bits per heavy atom. The maximum atomic E-state index is 10.9. The Morgan fingerprint density at radius 1 is 1.17 bits per heavy atom. The van der Waals surface area contributed by atoms with Gasteiger partial charge in [0.15, 0.2) is 0 Å². The van der Waals surface area contributed by atoms with Crippen molar-refractivity contribution in [3.63, 3.8) is 0 Å². The average molecular weight is 285 g/mol. The molecule has 0 atom stereocenters. The maximum Gasteiger partial charge on any atom is 0.278 e. The van der Waals surface area contributed by atoms with Crippen LogP contribution in [0.15, 0.2) is 0 Å².